The van der Waals surface area contributed by atoms with Gasteiger partial charge in [-0.3, -0.25) is 4.79 Å². The number of primary amides is 1. The number of amides is 1. The molecule has 3 N–H and O–H groups in total. The Bertz CT molecular complexity index is 697. The van der Waals surface area contributed by atoms with E-state index in [1.807, 2.05) is 0 Å². The fraction of sp³-hybridized carbons (Fsp3) is 0.0714. The lowest BCUT2D eigenvalue weighted by Crippen LogP contribution is -2.27. The van der Waals surface area contributed by atoms with Crippen LogP contribution < -0.4 is 11.1 Å². The van der Waals surface area contributed by atoms with E-state index in [-0.39, 0.29) is 5.02 Å². The van der Waals surface area contributed by atoms with Gasteiger partial charge in [0.2, 0.25) is 5.91 Å². The first kappa shape index (κ1) is 16.1. The van der Waals surface area contributed by atoms with Crippen LogP contribution in [0.4, 0.5) is 10.1 Å². The molecule has 2 rings (SSSR count). The van der Waals surface area contributed by atoms with Gasteiger partial charge >= 0.3 is 0 Å². The molecule has 0 aliphatic carbocycles. The van der Waals surface area contributed by atoms with Crippen molar-refractivity contribution in [2.75, 3.05) is 5.32 Å². The monoisotopic (exact) mass is 390 g/mol. The standard InChI is InChI=1S/C14H10BrCl2FN2O/c15-9-6-8(2-3-10(9)16)20-13(14(19)21)7-1-4-12(18)11(17)5-7/h1-6,13,20H,(H2,19,21). The maximum absolute atomic E-state index is 13.2. The number of anilines is 1. The van der Waals surface area contributed by atoms with E-state index in [0.29, 0.717) is 20.7 Å². The first-order valence-electron chi connectivity index (χ1n) is 5.84. The van der Waals surface area contributed by atoms with Crippen molar-refractivity contribution in [1.29, 1.82) is 0 Å². The molecule has 0 heterocycles. The topological polar surface area (TPSA) is 55.1 Å². The van der Waals surface area contributed by atoms with E-state index >= 15 is 0 Å². The molecule has 0 saturated heterocycles. The zero-order chi connectivity index (χ0) is 15.6. The molecular weight excluding hydrogens is 382 g/mol. The minimum atomic E-state index is -0.837. The van der Waals surface area contributed by atoms with E-state index in [2.05, 4.69) is 21.2 Å². The van der Waals surface area contributed by atoms with Crippen LogP contribution in [0.3, 0.4) is 0 Å². The fourth-order valence-corrected chi connectivity index (χ4v) is 2.45. The largest absolute Gasteiger partial charge is 0.370 e. The molecule has 0 saturated carbocycles. The molecular formula is C14H10BrCl2FN2O. The lowest BCUT2D eigenvalue weighted by Gasteiger charge is -2.18. The summed E-state index contributed by atoms with van der Waals surface area (Å²) >= 11 is 14.9. The summed E-state index contributed by atoms with van der Waals surface area (Å²) in [5.41, 5.74) is 6.50. The minimum Gasteiger partial charge on any atom is -0.370 e. The van der Waals surface area contributed by atoms with E-state index in [4.69, 9.17) is 28.9 Å². The van der Waals surface area contributed by atoms with Crippen molar-refractivity contribution in [2.24, 2.45) is 5.73 Å². The number of carbonyl (C=O) groups excluding carboxylic acids is 1. The van der Waals surface area contributed by atoms with Gasteiger partial charge in [0.25, 0.3) is 0 Å². The van der Waals surface area contributed by atoms with Crippen molar-refractivity contribution in [3.05, 3.63) is 62.3 Å². The van der Waals surface area contributed by atoms with Crippen molar-refractivity contribution in [1.82, 2.24) is 0 Å². The molecule has 1 amide bonds. The molecule has 7 heteroatoms. The van der Waals surface area contributed by atoms with Crippen LogP contribution in [0.2, 0.25) is 10.0 Å². The summed E-state index contributed by atoms with van der Waals surface area (Å²) in [5.74, 6) is -1.17. The quantitative estimate of drug-likeness (QED) is 0.804. The minimum absolute atomic E-state index is 0.0714. The molecule has 0 aliphatic rings. The Kier molecular flexibility index (Phi) is 5.08. The highest BCUT2D eigenvalue weighted by Crippen LogP contribution is 2.29. The number of nitrogens with one attached hydrogen (secondary N) is 1. The van der Waals surface area contributed by atoms with Crippen molar-refractivity contribution < 1.29 is 9.18 Å². The van der Waals surface area contributed by atoms with Crippen LogP contribution in [0.15, 0.2) is 40.9 Å². The Morgan fingerprint density at radius 3 is 2.48 bits per heavy atom. The smallest absolute Gasteiger partial charge is 0.244 e. The predicted octanol–water partition coefficient (Wildman–Crippen LogP) is 4.53. The SMILES string of the molecule is NC(=O)C(Nc1ccc(Cl)c(Br)c1)c1ccc(F)c(Cl)c1. The molecule has 2 aromatic rings. The number of hydrogen-bond donors (Lipinski definition) is 2. The number of rotatable bonds is 4. The lowest BCUT2D eigenvalue weighted by atomic mass is 10.1. The Labute approximate surface area is 139 Å². The summed E-state index contributed by atoms with van der Waals surface area (Å²) in [4.78, 5) is 11.6. The van der Waals surface area contributed by atoms with Gasteiger partial charge in [-0.15, -0.1) is 0 Å². The third kappa shape index (κ3) is 3.87. The third-order valence-electron chi connectivity index (χ3n) is 2.79. The van der Waals surface area contributed by atoms with Gasteiger partial charge in [-0.2, -0.15) is 0 Å². The maximum Gasteiger partial charge on any atom is 0.244 e. The summed E-state index contributed by atoms with van der Waals surface area (Å²) in [6.45, 7) is 0. The molecule has 0 aromatic heterocycles. The third-order valence-corrected chi connectivity index (χ3v) is 4.30. The van der Waals surface area contributed by atoms with Gasteiger partial charge < -0.3 is 11.1 Å². The first-order valence-corrected chi connectivity index (χ1v) is 7.39. The van der Waals surface area contributed by atoms with Crippen LogP contribution in [0.5, 0.6) is 0 Å². The molecule has 1 atom stereocenters. The normalized spacial score (nSPS) is 12.0. The van der Waals surface area contributed by atoms with Crippen LogP contribution in [0.25, 0.3) is 0 Å². The molecule has 2 aromatic carbocycles. The first-order chi connectivity index (χ1) is 9.88. The number of hydrogen-bond acceptors (Lipinski definition) is 2. The van der Waals surface area contributed by atoms with Crippen LogP contribution in [-0.4, -0.2) is 5.91 Å². The van der Waals surface area contributed by atoms with Crippen molar-refractivity contribution in [3.8, 4) is 0 Å². The molecule has 0 aliphatic heterocycles. The van der Waals surface area contributed by atoms with Crippen molar-refractivity contribution in [2.45, 2.75) is 6.04 Å². The van der Waals surface area contributed by atoms with E-state index in [0.717, 1.165) is 0 Å². The highest BCUT2D eigenvalue weighted by atomic mass is 79.9. The van der Waals surface area contributed by atoms with Gasteiger partial charge in [0.05, 0.1) is 10.0 Å². The highest BCUT2D eigenvalue weighted by Gasteiger charge is 2.19. The van der Waals surface area contributed by atoms with E-state index in [9.17, 15) is 9.18 Å². The van der Waals surface area contributed by atoms with Gasteiger partial charge in [-0.05, 0) is 51.8 Å². The molecule has 110 valence electrons. The highest BCUT2D eigenvalue weighted by molar-refractivity contribution is 9.10. The summed E-state index contributed by atoms with van der Waals surface area (Å²) in [7, 11) is 0. The van der Waals surface area contributed by atoms with Crippen LogP contribution >= 0.6 is 39.1 Å². The lowest BCUT2D eigenvalue weighted by molar-refractivity contribution is -0.118. The summed E-state index contributed by atoms with van der Waals surface area (Å²) in [5, 5.41) is 3.44. The average molecular weight is 392 g/mol. The second-order valence-electron chi connectivity index (χ2n) is 4.28. The zero-order valence-electron chi connectivity index (χ0n) is 10.5. The summed E-state index contributed by atoms with van der Waals surface area (Å²) in [6.07, 6.45) is 0. The maximum atomic E-state index is 13.2. The van der Waals surface area contributed by atoms with E-state index < -0.39 is 17.8 Å². The van der Waals surface area contributed by atoms with Crippen molar-refractivity contribution >= 4 is 50.7 Å². The van der Waals surface area contributed by atoms with E-state index in [1.165, 1.54) is 18.2 Å². The van der Waals surface area contributed by atoms with Gasteiger partial charge in [-0.1, -0.05) is 29.3 Å². The molecule has 3 nitrogen and oxygen atoms in total. The molecule has 0 radical (unpaired) electrons. The second kappa shape index (κ2) is 6.64. The zero-order valence-corrected chi connectivity index (χ0v) is 13.6. The summed E-state index contributed by atoms with van der Waals surface area (Å²) in [6, 6.07) is 8.25. The van der Waals surface area contributed by atoms with Crippen LogP contribution in [-0.2, 0) is 4.79 Å². The Balaban J connectivity index is 2.32. The Hall–Kier alpha value is -1.30. The number of nitrogens with two attached hydrogens (primary N) is 1. The fourth-order valence-electron chi connectivity index (χ4n) is 1.76. The van der Waals surface area contributed by atoms with Crippen molar-refractivity contribution in [3.63, 3.8) is 0 Å². The van der Waals surface area contributed by atoms with Crippen LogP contribution in [0, 0.1) is 5.82 Å². The molecule has 21 heavy (non-hydrogen) atoms. The number of benzene rings is 2. The van der Waals surface area contributed by atoms with Crippen LogP contribution in [0.1, 0.15) is 11.6 Å². The molecule has 1 unspecified atom stereocenters. The van der Waals surface area contributed by atoms with Gasteiger partial charge in [0.15, 0.2) is 0 Å². The molecule has 0 spiro atoms. The molecule has 0 bridgehead atoms. The number of carbonyl (C=O) groups is 1. The Morgan fingerprint density at radius 2 is 1.90 bits per heavy atom. The number of halogens is 4. The summed E-state index contributed by atoms with van der Waals surface area (Å²) < 4.78 is 13.9. The Morgan fingerprint density at radius 1 is 1.19 bits per heavy atom. The molecule has 0 fully saturated rings. The second-order valence-corrected chi connectivity index (χ2v) is 5.95. The predicted molar refractivity (Wildman–Crippen MR) is 86.1 cm³/mol. The van der Waals surface area contributed by atoms with Gasteiger partial charge in [0.1, 0.15) is 11.9 Å². The van der Waals surface area contributed by atoms with Gasteiger partial charge in [-0.25, -0.2) is 4.39 Å². The van der Waals surface area contributed by atoms with E-state index in [1.54, 1.807) is 18.2 Å². The average Bonchev–Trinajstić information content (AvgIpc) is 2.43. The van der Waals surface area contributed by atoms with Gasteiger partial charge in [0, 0.05) is 10.2 Å².